The lowest BCUT2D eigenvalue weighted by atomic mass is 9.81. The second-order valence-corrected chi connectivity index (χ2v) is 5.78. The van der Waals surface area contributed by atoms with Gasteiger partial charge in [-0.15, -0.1) is 0 Å². The van der Waals surface area contributed by atoms with Crippen molar-refractivity contribution in [3.8, 4) is 5.75 Å². The molecule has 1 saturated heterocycles. The van der Waals surface area contributed by atoms with E-state index in [4.69, 9.17) is 15.2 Å². The van der Waals surface area contributed by atoms with E-state index in [9.17, 15) is 0 Å². The maximum atomic E-state index is 6.63. The molecule has 0 aliphatic carbocycles. The number of nitrogens with two attached hydrogens (primary N) is 1. The summed E-state index contributed by atoms with van der Waals surface area (Å²) < 4.78 is 11.4. The average molecular weight is 261 g/mol. The zero-order valence-corrected chi connectivity index (χ0v) is 11.4. The van der Waals surface area contributed by atoms with E-state index < -0.39 is 0 Å². The number of fused-ring (bicyclic) bond motifs is 1. The second kappa shape index (κ2) is 5.51. The third-order valence-electron chi connectivity index (χ3n) is 4.40. The van der Waals surface area contributed by atoms with Gasteiger partial charge in [0.2, 0.25) is 0 Å². The Morgan fingerprint density at radius 3 is 3.00 bits per heavy atom. The van der Waals surface area contributed by atoms with Gasteiger partial charge in [0.15, 0.2) is 0 Å². The molecule has 2 heterocycles. The standard InChI is InChI=1S/C16H23NO2/c17-16(9-3-5-13-6-4-11-18-13)10-12-19-15-8-2-1-7-14(15)16/h1-2,7-8,13H,3-6,9-12,17H2. The molecule has 2 unspecified atom stereocenters. The Morgan fingerprint density at radius 1 is 1.26 bits per heavy atom. The minimum atomic E-state index is -0.215. The van der Waals surface area contributed by atoms with Gasteiger partial charge in [0, 0.05) is 24.1 Å². The van der Waals surface area contributed by atoms with Crippen LogP contribution in [0.3, 0.4) is 0 Å². The largest absolute Gasteiger partial charge is 0.493 e. The van der Waals surface area contributed by atoms with Crippen LogP contribution >= 0.6 is 0 Å². The van der Waals surface area contributed by atoms with Crippen LogP contribution in [0.25, 0.3) is 0 Å². The average Bonchev–Trinajstić information content (AvgIpc) is 2.93. The van der Waals surface area contributed by atoms with Crippen molar-refractivity contribution in [2.45, 2.75) is 50.2 Å². The Morgan fingerprint density at radius 2 is 2.16 bits per heavy atom. The molecule has 19 heavy (non-hydrogen) atoms. The number of hydrogen-bond acceptors (Lipinski definition) is 3. The zero-order chi connectivity index (χ0) is 13.1. The molecule has 1 fully saturated rings. The van der Waals surface area contributed by atoms with Crippen LogP contribution < -0.4 is 10.5 Å². The lowest BCUT2D eigenvalue weighted by molar-refractivity contribution is 0.0984. The molecule has 0 amide bonds. The van der Waals surface area contributed by atoms with Crippen LogP contribution in [0, 0.1) is 0 Å². The number of rotatable bonds is 4. The van der Waals surface area contributed by atoms with E-state index in [-0.39, 0.29) is 5.54 Å². The molecule has 2 N–H and O–H groups in total. The molecule has 3 nitrogen and oxygen atoms in total. The fourth-order valence-corrected chi connectivity index (χ4v) is 3.26. The topological polar surface area (TPSA) is 44.5 Å². The van der Waals surface area contributed by atoms with Crippen LogP contribution in [0.15, 0.2) is 24.3 Å². The van der Waals surface area contributed by atoms with Gasteiger partial charge < -0.3 is 15.2 Å². The van der Waals surface area contributed by atoms with Crippen molar-refractivity contribution in [2.24, 2.45) is 5.73 Å². The van der Waals surface area contributed by atoms with Gasteiger partial charge in [0.25, 0.3) is 0 Å². The maximum Gasteiger partial charge on any atom is 0.124 e. The van der Waals surface area contributed by atoms with Gasteiger partial charge in [-0.25, -0.2) is 0 Å². The molecule has 0 saturated carbocycles. The summed E-state index contributed by atoms with van der Waals surface area (Å²) >= 11 is 0. The van der Waals surface area contributed by atoms with Crippen LogP contribution in [-0.4, -0.2) is 19.3 Å². The second-order valence-electron chi connectivity index (χ2n) is 5.78. The molecule has 1 aromatic carbocycles. The molecule has 2 aliphatic rings. The first-order chi connectivity index (χ1) is 9.28. The molecule has 2 atom stereocenters. The lowest BCUT2D eigenvalue weighted by Crippen LogP contribution is -2.41. The first-order valence-corrected chi connectivity index (χ1v) is 7.41. The van der Waals surface area contributed by atoms with Crippen molar-refractivity contribution in [3.63, 3.8) is 0 Å². The molecule has 0 bridgehead atoms. The van der Waals surface area contributed by atoms with Crippen molar-refractivity contribution in [3.05, 3.63) is 29.8 Å². The van der Waals surface area contributed by atoms with E-state index >= 15 is 0 Å². The first kappa shape index (κ1) is 12.9. The predicted octanol–water partition coefficient (Wildman–Crippen LogP) is 2.97. The van der Waals surface area contributed by atoms with E-state index in [2.05, 4.69) is 12.1 Å². The molecule has 3 rings (SSSR count). The highest BCUT2D eigenvalue weighted by atomic mass is 16.5. The summed E-state index contributed by atoms with van der Waals surface area (Å²) in [5, 5.41) is 0. The maximum absolute atomic E-state index is 6.63. The number of ether oxygens (including phenoxy) is 2. The van der Waals surface area contributed by atoms with Crippen LogP contribution in [0.1, 0.15) is 44.1 Å². The summed E-state index contributed by atoms with van der Waals surface area (Å²) in [6.07, 6.45) is 7.12. The summed E-state index contributed by atoms with van der Waals surface area (Å²) in [5.74, 6) is 0.966. The Labute approximate surface area is 115 Å². The van der Waals surface area contributed by atoms with Gasteiger partial charge in [-0.1, -0.05) is 18.2 Å². The predicted molar refractivity (Wildman–Crippen MR) is 75.2 cm³/mol. The van der Waals surface area contributed by atoms with Crippen LogP contribution in [0.2, 0.25) is 0 Å². The fraction of sp³-hybridized carbons (Fsp3) is 0.625. The quantitative estimate of drug-likeness (QED) is 0.906. The fourth-order valence-electron chi connectivity index (χ4n) is 3.26. The Kier molecular flexibility index (Phi) is 3.76. The van der Waals surface area contributed by atoms with E-state index in [0.29, 0.717) is 6.10 Å². The Hall–Kier alpha value is -1.06. The van der Waals surface area contributed by atoms with E-state index in [0.717, 1.165) is 44.6 Å². The molecule has 1 aromatic rings. The van der Waals surface area contributed by atoms with Crippen molar-refractivity contribution in [1.29, 1.82) is 0 Å². The number of para-hydroxylation sites is 1. The van der Waals surface area contributed by atoms with Gasteiger partial charge in [0.1, 0.15) is 5.75 Å². The van der Waals surface area contributed by atoms with Crippen molar-refractivity contribution < 1.29 is 9.47 Å². The normalized spacial score (nSPS) is 29.8. The van der Waals surface area contributed by atoms with Crippen LogP contribution in [0.5, 0.6) is 5.75 Å². The minimum absolute atomic E-state index is 0.215. The lowest BCUT2D eigenvalue weighted by Gasteiger charge is -2.35. The first-order valence-electron chi connectivity index (χ1n) is 7.41. The molecule has 0 aromatic heterocycles. The van der Waals surface area contributed by atoms with Gasteiger partial charge in [-0.05, 0) is 38.2 Å². The summed E-state index contributed by atoms with van der Waals surface area (Å²) in [7, 11) is 0. The van der Waals surface area contributed by atoms with Gasteiger partial charge >= 0.3 is 0 Å². The van der Waals surface area contributed by atoms with Crippen molar-refractivity contribution in [2.75, 3.05) is 13.2 Å². The Bertz CT molecular complexity index is 429. The van der Waals surface area contributed by atoms with Crippen LogP contribution in [0.4, 0.5) is 0 Å². The third-order valence-corrected chi connectivity index (χ3v) is 4.40. The highest BCUT2D eigenvalue weighted by Crippen LogP contribution is 2.38. The molecule has 0 radical (unpaired) electrons. The van der Waals surface area contributed by atoms with E-state index in [1.54, 1.807) is 0 Å². The SMILES string of the molecule is NC1(CCCC2CCCO2)CCOc2ccccc21. The minimum Gasteiger partial charge on any atom is -0.493 e. The van der Waals surface area contributed by atoms with Gasteiger partial charge in [0.05, 0.1) is 12.7 Å². The number of hydrogen-bond donors (Lipinski definition) is 1. The molecular formula is C16H23NO2. The van der Waals surface area contributed by atoms with Crippen molar-refractivity contribution >= 4 is 0 Å². The number of benzene rings is 1. The van der Waals surface area contributed by atoms with Crippen molar-refractivity contribution in [1.82, 2.24) is 0 Å². The monoisotopic (exact) mass is 261 g/mol. The molecule has 0 spiro atoms. The molecule has 2 aliphatic heterocycles. The Balaban J connectivity index is 1.63. The third kappa shape index (κ3) is 2.77. The molecule has 104 valence electrons. The summed E-state index contributed by atoms with van der Waals surface area (Å²) in [6, 6.07) is 8.20. The smallest absolute Gasteiger partial charge is 0.124 e. The molecule has 3 heteroatoms. The van der Waals surface area contributed by atoms with E-state index in [1.807, 2.05) is 12.1 Å². The highest BCUT2D eigenvalue weighted by molar-refractivity contribution is 5.40. The van der Waals surface area contributed by atoms with Gasteiger partial charge in [-0.3, -0.25) is 0 Å². The summed E-state index contributed by atoms with van der Waals surface area (Å²) in [5.41, 5.74) is 7.59. The summed E-state index contributed by atoms with van der Waals surface area (Å²) in [4.78, 5) is 0. The summed E-state index contributed by atoms with van der Waals surface area (Å²) in [6.45, 7) is 1.67. The zero-order valence-electron chi connectivity index (χ0n) is 11.4. The molecular weight excluding hydrogens is 238 g/mol. The van der Waals surface area contributed by atoms with Crippen LogP contribution in [-0.2, 0) is 10.3 Å². The highest BCUT2D eigenvalue weighted by Gasteiger charge is 2.33. The van der Waals surface area contributed by atoms with E-state index in [1.165, 1.54) is 18.4 Å². The van der Waals surface area contributed by atoms with Gasteiger partial charge in [-0.2, -0.15) is 0 Å².